The fraction of sp³-hybridized carbons (Fsp3) is 0.775. The predicted molar refractivity (Wildman–Crippen MR) is 178 cm³/mol. The average Bonchev–Trinajstić information content (AvgIpc) is 3.34. The van der Waals surface area contributed by atoms with Crippen molar-refractivity contribution in [2.24, 2.45) is 34.5 Å². The summed E-state index contributed by atoms with van der Waals surface area (Å²) in [7, 11) is 0. The molecule has 0 unspecified atom stereocenters. The number of carbonyl (C=O) groups excluding carboxylic acids is 1. The molecule has 1 aromatic rings. The van der Waals surface area contributed by atoms with Crippen molar-refractivity contribution in [3.8, 4) is 5.75 Å². The summed E-state index contributed by atoms with van der Waals surface area (Å²) in [6, 6.07) is 7.99. The molecule has 0 aliphatic heterocycles. The van der Waals surface area contributed by atoms with E-state index in [1.807, 2.05) is 12.1 Å². The summed E-state index contributed by atoms with van der Waals surface area (Å²) in [4.78, 5) is 12.7. The van der Waals surface area contributed by atoms with Gasteiger partial charge in [0.05, 0.1) is 0 Å². The molecule has 0 heterocycles. The lowest BCUT2D eigenvalue weighted by Crippen LogP contribution is -2.50. The van der Waals surface area contributed by atoms with Crippen LogP contribution in [-0.2, 0) is 11.2 Å². The van der Waals surface area contributed by atoms with Gasteiger partial charge in [-0.25, -0.2) is 4.79 Å². The van der Waals surface area contributed by atoms with Crippen LogP contribution in [0.3, 0.4) is 0 Å². The molecule has 3 heteroatoms. The number of aryl methyl sites for hydroxylation is 1. The molecule has 4 aliphatic rings. The molecule has 0 radical (unpaired) electrons. The van der Waals surface area contributed by atoms with E-state index in [1.54, 1.807) is 5.57 Å². The van der Waals surface area contributed by atoms with Crippen LogP contribution in [0.4, 0.5) is 4.79 Å². The van der Waals surface area contributed by atoms with E-state index < -0.39 is 6.16 Å². The van der Waals surface area contributed by atoms with E-state index in [2.05, 4.69) is 45.9 Å². The number of rotatable bonds is 14. The van der Waals surface area contributed by atoms with Gasteiger partial charge in [-0.15, -0.1) is 0 Å². The van der Waals surface area contributed by atoms with Crippen LogP contribution in [0.15, 0.2) is 35.9 Å². The van der Waals surface area contributed by atoms with E-state index in [0.717, 1.165) is 49.4 Å². The third-order valence-electron chi connectivity index (χ3n) is 12.9. The number of hydrogen-bond donors (Lipinski definition) is 0. The average molecular weight is 591 g/mol. The molecule has 4 aliphatic carbocycles. The Morgan fingerprint density at radius 1 is 0.814 bits per heavy atom. The van der Waals surface area contributed by atoms with Crippen molar-refractivity contribution in [2.75, 3.05) is 0 Å². The normalized spacial score (nSPS) is 33.2. The maximum atomic E-state index is 12.7. The Kier molecular flexibility index (Phi) is 11.4. The second-order valence-electron chi connectivity index (χ2n) is 15.4. The van der Waals surface area contributed by atoms with Gasteiger partial charge >= 0.3 is 6.16 Å². The van der Waals surface area contributed by atoms with Crippen molar-refractivity contribution in [1.29, 1.82) is 0 Å². The van der Waals surface area contributed by atoms with Crippen LogP contribution in [0.1, 0.15) is 155 Å². The molecular formula is C40H62O3. The third-order valence-corrected chi connectivity index (χ3v) is 12.9. The summed E-state index contributed by atoms with van der Waals surface area (Å²) in [5, 5.41) is 0. The van der Waals surface area contributed by atoms with Crippen LogP contribution in [-0.4, -0.2) is 12.3 Å². The first-order valence-electron chi connectivity index (χ1n) is 18.5. The Morgan fingerprint density at radius 2 is 1.53 bits per heavy atom. The standard InChI is InChI=1S/C40H62O3/c1-5-7-9-11-12-14-16-31-20-24-36-35-23-19-32-29-34(25-27-40(32,4)37(35)26-28-39(31,36)3)43-38(41)42-33-21-17-30(18-22-33)15-13-10-8-6-2/h17-19,21-22,31,34-37H,5-16,20,23-29H2,1-4H3/t31-,34+,35+,36-,37+,39-,40+/m1/s1. The number of unbranched alkanes of at least 4 members (excludes halogenated alkanes) is 8. The number of ether oxygens (including phenoxy) is 2. The molecule has 5 rings (SSSR count). The van der Waals surface area contributed by atoms with Crippen LogP contribution in [0.2, 0.25) is 0 Å². The van der Waals surface area contributed by atoms with Crippen LogP contribution >= 0.6 is 0 Å². The quantitative estimate of drug-likeness (QED) is 0.0935. The van der Waals surface area contributed by atoms with E-state index in [1.165, 1.54) is 108 Å². The van der Waals surface area contributed by atoms with E-state index in [4.69, 9.17) is 9.47 Å². The van der Waals surface area contributed by atoms with Crippen LogP contribution in [0.5, 0.6) is 5.75 Å². The fourth-order valence-corrected chi connectivity index (χ4v) is 10.2. The zero-order valence-corrected chi connectivity index (χ0v) is 28.1. The molecule has 0 amide bonds. The lowest BCUT2D eigenvalue weighted by molar-refractivity contribution is -0.0538. The van der Waals surface area contributed by atoms with Crippen molar-refractivity contribution in [1.82, 2.24) is 0 Å². The minimum Gasteiger partial charge on any atom is -0.430 e. The van der Waals surface area contributed by atoms with Gasteiger partial charge < -0.3 is 9.47 Å². The number of benzene rings is 1. The molecule has 43 heavy (non-hydrogen) atoms. The molecule has 3 fully saturated rings. The molecular weight excluding hydrogens is 528 g/mol. The zero-order chi connectivity index (χ0) is 30.3. The van der Waals surface area contributed by atoms with E-state index >= 15 is 0 Å². The van der Waals surface area contributed by atoms with Crippen LogP contribution in [0.25, 0.3) is 0 Å². The molecule has 0 bridgehead atoms. The van der Waals surface area contributed by atoms with Gasteiger partial charge in [0, 0.05) is 6.42 Å². The first kappa shape index (κ1) is 32.6. The van der Waals surface area contributed by atoms with Gasteiger partial charge in [0.25, 0.3) is 0 Å². The zero-order valence-electron chi connectivity index (χ0n) is 28.1. The highest BCUT2D eigenvalue weighted by Crippen LogP contribution is 2.66. The van der Waals surface area contributed by atoms with Gasteiger partial charge in [0.15, 0.2) is 0 Å². The Hall–Kier alpha value is -1.77. The molecule has 240 valence electrons. The van der Waals surface area contributed by atoms with Crippen molar-refractivity contribution < 1.29 is 14.3 Å². The second-order valence-corrected chi connectivity index (χ2v) is 15.4. The Bertz CT molecular complexity index is 1060. The molecule has 0 spiro atoms. The van der Waals surface area contributed by atoms with E-state index in [-0.39, 0.29) is 11.5 Å². The highest BCUT2D eigenvalue weighted by Gasteiger charge is 2.58. The third kappa shape index (κ3) is 7.55. The molecule has 0 saturated heterocycles. The van der Waals surface area contributed by atoms with Crippen molar-refractivity contribution >= 4 is 6.16 Å². The van der Waals surface area contributed by atoms with Gasteiger partial charge in [0.2, 0.25) is 0 Å². The molecule has 1 aromatic carbocycles. The first-order valence-corrected chi connectivity index (χ1v) is 18.5. The summed E-state index contributed by atoms with van der Waals surface area (Å²) >= 11 is 0. The van der Waals surface area contributed by atoms with Gasteiger partial charge in [-0.2, -0.15) is 0 Å². The van der Waals surface area contributed by atoms with Crippen LogP contribution < -0.4 is 4.74 Å². The van der Waals surface area contributed by atoms with Gasteiger partial charge in [-0.1, -0.05) is 109 Å². The van der Waals surface area contributed by atoms with Crippen molar-refractivity contribution in [3.63, 3.8) is 0 Å². The number of fused-ring (bicyclic) bond motifs is 5. The lowest BCUT2D eigenvalue weighted by Gasteiger charge is -2.58. The Labute approximate surface area is 264 Å². The number of hydrogen-bond acceptors (Lipinski definition) is 3. The molecule has 0 aromatic heterocycles. The molecule has 3 saturated carbocycles. The van der Waals surface area contributed by atoms with Gasteiger partial charge in [-0.05, 0) is 116 Å². The minimum absolute atomic E-state index is 0.0664. The SMILES string of the molecule is CCCCCCCC[C@@H]1CC[C@@H]2[C@@H]3CC=C4C[C@@H](OC(=O)Oc5ccc(CCCCCC)cc5)CC[C@]4(C)[C@H]3CC[C@]12C. The largest absolute Gasteiger partial charge is 0.514 e. The summed E-state index contributed by atoms with van der Waals surface area (Å²) in [6.07, 6.45) is 28.0. The minimum atomic E-state index is -0.547. The Morgan fingerprint density at radius 3 is 2.30 bits per heavy atom. The summed E-state index contributed by atoms with van der Waals surface area (Å²) < 4.78 is 11.5. The first-order chi connectivity index (χ1) is 20.9. The predicted octanol–water partition coefficient (Wildman–Crippen LogP) is 12.0. The maximum absolute atomic E-state index is 12.7. The van der Waals surface area contributed by atoms with Crippen LogP contribution in [0, 0.1) is 34.5 Å². The maximum Gasteiger partial charge on any atom is 0.514 e. The summed E-state index contributed by atoms with van der Waals surface area (Å²) in [5.74, 6) is 4.07. The Balaban J connectivity index is 1.11. The van der Waals surface area contributed by atoms with Crippen molar-refractivity contribution in [2.45, 2.75) is 162 Å². The van der Waals surface area contributed by atoms with E-state index in [0.29, 0.717) is 11.2 Å². The number of carbonyl (C=O) groups is 1. The van der Waals surface area contributed by atoms with Gasteiger partial charge in [0.1, 0.15) is 11.9 Å². The summed E-state index contributed by atoms with van der Waals surface area (Å²) in [6.45, 7) is 9.79. The lowest BCUT2D eigenvalue weighted by atomic mass is 9.47. The molecule has 3 nitrogen and oxygen atoms in total. The highest BCUT2D eigenvalue weighted by atomic mass is 16.7. The smallest absolute Gasteiger partial charge is 0.430 e. The fourth-order valence-electron chi connectivity index (χ4n) is 10.2. The second kappa shape index (κ2) is 15.0. The molecule has 7 atom stereocenters. The summed E-state index contributed by atoms with van der Waals surface area (Å²) in [5.41, 5.74) is 3.71. The highest BCUT2D eigenvalue weighted by molar-refractivity contribution is 5.64. The van der Waals surface area contributed by atoms with Crippen molar-refractivity contribution in [3.05, 3.63) is 41.5 Å². The van der Waals surface area contributed by atoms with Gasteiger partial charge in [-0.3, -0.25) is 0 Å². The van der Waals surface area contributed by atoms with E-state index in [9.17, 15) is 4.79 Å². The monoisotopic (exact) mass is 590 g/mol. The molecule has 0 N–H and O–H groups in total. The topological polar surface area (TPSA) is 35.5 Å². The number of allylic oxidation sites excluding steroid dienone is 1.